The van der Waals surface area contributed by atoms with Crippen LogP contribution in [0.5, 0.6) is 17.2 Å². The van der Waals surface area contributed by atoms with E-state index >= 15 is 0 Å². The molecule has 3 aromatic rings. The van der Waals surface area contributed by atoms with Gasteiger partial charge in [0.05, 0.1) is 0 Å². The molecule has 0 bridgehead atoms. The summed E-state index contributed by atoms with van der Waals surface area (Å²) in [6.07, 6.45) is 0.667. The van der Waals surface area contributed by atoms with Gasteiger partial charge in [0.1, 0.15) is 11.8 Å². The minimum Gasteiger partial charge on any atom is -0.507 e. The molecule has 0 fully saturated rings. The van der Waals surface area contributed by atoms with Gasteiger partial charge in [-0.3, -0.25) is 9.59 Å². The lowest BCUT2D eigenvalue weighted by atomic mass is 9.78. The van der Waals surface area contributed by atoms with Gasteiger partial charge in [-0.25, -0.2) is 0 Å². The summed E-state index contributed by atoms with van der Waals surface area (Å²) in [6, 6.07) is 15.8. The zero-order valence-corrected chi connectivity index (χ0v) is 24.5. The molecule has 0 aliphatic carbocycles. The molecule has 0 saturated heterocycles. The first-order valence-electron chi connectivity index (χ1n) is 13.7. The molecule has 4 rings (SSSR count). The Kier molecular flexibility index (Phi) is 8.15. The van der Waals surface area contributed by atoms with Crippen molar-refractivity contribution in [1.82, 2.24) is 5.32 Å². The maximum absolute atomic E-state index is 13.4. The van der Waals surface area contributed by atoms with Gasteiger partial charge in [-0.15, -0.1) is 0 Å². The molecule has 1 aliphatic rings. The van der Waals surface area contributed by atoms with Crippen LogP contribution in [-0.4, -0.2) is 23.7 Å². The Balaban J connectivity index is 1.53. The summed E-state index contributed by atoms with van der Waals surface area (Å²) >= 11 is 0. The number of amides is 2. The first-order valence-corrected chi connectivity index (χ1v) is 13.7. The number of ether oxygens (including phenoxy) is 2. The van der Waals surface area contributed by atoms with E-state index in [-0.39, 0.29) is 35.9 Å². The SMILES string of the molecule is Cc1ccc(C(NC(=O)CCc2cc(C(C)(C)C)c(O)c(C(C)(C)C)c2)C(=O)Nc2ccc3c(c2)OCO3)cc1. The number of hydrogen-bond acceptors (Lipinski definition) is 5. The number of phenols is 1. The number of nitrogens with one attached hydrogen (secondary N) is 2. The van der Waals surface area contributed by atoms with E-state index in [4.69, 9.17) is 9.47 Å². The number of aryl methyl sites for hydroxylation is 2. The summed E-state index contributed by atoms with van der Waals surface area (Å²) in [5.74, 6) is 0.902. The summed E-state index contributed by atoms with van der Waals surface area (Å²) in [5.41, 5.74) is 4.46. The third-order valence-electron chi connectivity index (χ3n) is 7.04. The van der Waals surface area contributed by atoms with Crippen LogP contribution < -0.4 is 20.1 Å². The van der Waals surface area contributed by atoms with Gasteiger partial charge in [-0.05, 0) is 58.6 Å². The van der Waals surface area contributed by atoms with Crippen molar-refractivity contribution in [3.8, 4) is 17.2 Å². The van der Waals surface area contributed by atoms with Gasteiger partial charge in [0.2, 0.25) is 12.7 Å². The maximum atomic E-state index is 13.4. The molecular weight excluding hydrogens is 504 g/mol. The van der Waals surface area contributed by atoms with Crippen LogP contribution >= 0.6 is 0 Å². The first kappa shape index (κ1) is 29.0. The second-order valence-corrected chi connectivity index (χ2v) is 12.5. The lowest BCUT2D eigenvalue weighted by Gasteiger charge is -2.28. The van der Waals surface area contributed by atoms with Crippen LogP contribution in [0.15, 0.2) is 54.6 Å². The fourth-order valence-electron chi connectivity index (χ4n) is 4.72. The number of anilines is 1. The summed E-state index contributed by atoms with van der Waals surface area (Å²) in [4.78, 5) is 26.7. The normalized spacial score (nSPS) is 13.6. The predicted molar refractivity (Wildman–Crippen MR) is 157 cm³/mol. The largest absolute Gasteiger partial charge is 0.507 e. The highest BCUT2D eigenvalue weighted by Crippen LogP contribution is 2.40. The molecule has 3 aromatic carbocycles. The average Bonchev–Trinajstić information content (AvgIpc) is 3.34. The van der Waals surface area contributed by atoms with E-state index in [2.05, 4.69) is 52.2 Å². The van der Waals surface area contributed by atoms with E-state index in [0.29, 0.717) is 34.9 Å². The topological polar surface area (TPSA) is 96.9 Å². The second-order valence-electron chi connectivity index (χ2n) is 12.5. The average molecular weight is 545 g/mol. The molecule has 1 unspecified atom stereocenters. The molecule has 1 heterocycles. The van der Waals surface area contributed by atoms with E-state index in [1.807, 2.05) is 43.3 Å². The standard InChI is InChI=1S/C33H40N2O5/c1-20-8-11-22(12-9-20)29(31(38)34-23-13-14-26-27(18-23)40-19-39-26)35-28(36)15-10-21-16-24(32(2,3)4)30(37)25(17-21)33(5,6)7/h8-9,11-14,16-18,29,37H,10,15,19H2,1-7H3,(H,34,38)(H,35,36). The molecular formula is C33H40N2O5. The van der Waals surface area contributed by atoms with Gasteiger partial charge in [0, 0.05) is 18.2 Å². The third-order valence-corrected chi connectivity index (χ3v) is 7.04. The van der Waals surface area contributed by atoms with Crippen molar-refractivity contribution in [2.75, 3.05) is 12.1 Å². The summed E-state index contributed by atoms with van der Waals surface area (Å²) in [5, 5.41) is 16.9. The van der Waals surface area contributed by atoms with Crippen LogP contribution in [0.4, 0.5) is 5.69 Å². The molecule has 212 valence electrons. The summed E-state index contributed by atoms with van der Waals surface area (Å²) < 4.78 is 10.8. The number of aromatic hydroxyl groups is 1. The lowest BCUT2D eigenvalue weighted by molar-refractivity contribution is -0.126. The summed E-state index contributed by atoms with van der Waals surface area (Å²) in [7, 11) is 0. The molecule has 0 radical (unpaired) electrons. The Morgan fingerprint density at radius 3 is 2.08 bits per heavy atom. The summed E-state index contributed by atoms with van der Waals surface area (Å²) in [6.45, 7) is 14.5. The van der Waals surface area contributed by atoms with Crippen molar-refractivity contribution in [3.05, 3.63) is 82.4 Å². The van der Waals surface area contributed by atoms with Crippen molar-refractivity contribution in [2.24, 2.45) is 0 Å². The molecule has 2 amide bonds. The Hall–Kier alpha value is -4.00. The third kappa shape index (κ3) is 6.76. The number of rotatable bonds is 7. The maximum Gasteiger partial charge on any atom is 0.251 e. The van der Waals surface area contributed by atoms with Crippen LogP contribution in [0.1, 0.15) is 81.8 Å². The molecule has 0 aromatic heterocycles. The minimum absolute atomic E-state index is 0.143. The van der Waals surface area contributed by atoms with Crippen molar-refractivity contribution >= 4 is 17.5 Å². The van der Waals surface area contributed by atoms with E-state index < -0.39 is 6.04 Å². The van der Waals surface area contributed by atoms with Crippen LogP contribution in [0.3, 0.4) is 0 Å². The first-order chi connectivity index (χ1) is 18.7. The number of carbonyl (C=O) groups excluding carboxylic acids is 2. The zero-order valence-electron chi connectivity index (χ0n) is 24.5. The van der Waals surface area contributed by atoms with E-state index in [1.54, 1.807) is 18.2 Å². The van der Waals surface area contributed by atoms with Gasteiger partial charge in [-0.2, -0.15) is 0 Å². The molecule has 7 heteroatoms. The van der Waals surface area contributed by atoms with Crippen molar-refractivity contribution in [3.63, 3.8) is 0 Å². The van der Waals surface area contributed by atoms with Crippen LogP contribution in [0.25, 0.3) is 0 Å². The highest BCUT2D eigenvalue weighted by molar-refractivity contribution is 5.98. The van der Waals surface area contributed by atoms with Gasteiger partial charge in [0.25, 0.3) is 5.91 Å². The highest BCUT2D eigenvalue weighted by atomic mass is 16.7. The van der Waals surface area contributed by atoms with Crippen molar-refractivity contribution < 1.29 is 24.2 Å². The van der Waals surface area contributed by atoms with Gasteiger partial charge < -0.3 is 25.2 Å². The fourth-order valence-corrected chi connectivity index (χ4v) is 4.72. The van der Waals surface area contributed by atoms with Gasteiger partial charge in [-0.1, -0.05) is 83.5 Å². The van der Waals surface area contributed by atoms with Crippen molar-refractivity contribution in [1.29, 1.82) is 0 Å². The minimum atomic E-state index is -0.881. The lowest BCUT2D eigenvalue weighted by Crippen LogP contribution is -2.37. The Morgan fingerprint density at radius 2 is 1.48 bits per heavy atom. The number of phenolic OH excluding ortho intramolecular Hbond substituents is 1. The number of fused-ring (bicyclic) bond motifs is 1. The van der Waals surface area contributed by atoms with Crippen LogP contribution in [-0.2, 0) is 26.8 Å². The number of carbonyl (C=O) groups is 2. The smallest absolute Gasteiger partial charge is 0.251 e. The molecule has 0 saturated carbocycles. The van der Waals surface area contributed by atoms with E-state index in [0.717, 1.165) is 22.3 Å². The number of benzene rings is 3. The van der Waals surface area contributed by atoms with Crippen molar-refractivity contribution in [2.45, 2.75) is 78.2 Å². The monoisotopic (exact) mass is 544 g/mol. The quantitative estimate of drug-likeness (QED) is 0.318. The second kappa shape index (κ2) is 11.2. The van der Waals surface area contributed by atoms with Gasteiger partial charge in [0.15, 0.2) is 11.5 Å². The van der Waals surface area contributed by atoms with Crippen LogP contribution in [0.2, 0.25) is 0 Å². The molecule has 1 atom stereocenters. The van der Waals surface area contributed by atoms with Gasteiger partial charge >= 0.3 is 0 Å². The Bertz CT molecular complexity index is 1360. The fraction of sp³-hybridized carbons (Fsp3) is 0.394. The zero-order chi connectivity index (χ0) is 29.2. The molecule has 7 nitrogen and oxygen atoms in total. The molecule has 0 spiro atoms. The van der Waals surface area contributed by atoms with E-state index in [1.165, 1.54) is 0 Å². The molecule has 3 N–H and O–H groups in total. The van der Waals surface area contributed by atoms with Crippen LogP contribution in [0, 0.1) is 6.92 Å². The Morgan fingerprint density at radius 1 is 0.875 bits per heavy atom. The Labute approximate surface area is 236 Å². The highest BCUT2D eigenvalue weighted by Gasteiger charge is 2.27. The molecule has 40 heavy (non-hydrogen) atoms. The molecule has 1 aliphatic heterocycles. The number of hydrogen-bond donors (Lipinski definition) is 3. The van der Waals surface area contributed by atoms with E-state index in [9.17, 15) is 14.7 Å². The predicted octanol–water partition coefficient (Wildman–Crippen LogP) is 6.45.